The third kappa shape index (κ3) is 3.37. The van der Waals surface area contributed by atoms with Crippen LogP contribution in [0.3, 0.4) is 0 Å². The molecule has 0 fully saturated rings. The van der Waals surface area contributed by atoms with Gasteiger partial charge in [-0.2, -0.15) is 5.10 Å². The Kier molecular flexibility index (Phi) is 3.82. The van der Waals surface area contributed by atoms with Crippen molar-refractivity contribution < 1.29 is 4.42 Å². The Morgan fingerprint density at radius 1 is 1.38 bits per heavy atom. The molecule has 0 amide bonds. The third-order valence-electron chi connectivity index (χ3n) is 2.74. The average Bonchev–Trinajstić information content (AvgIpc) is 3.13. The zero-order valence-electron chi connectivity index (χ0n) is 11.2. The Labute approximate surface area is 123 Å². The Morgan fingerprint density at radius 2 is 2.29 bits per heavy atom. The molecule has 0 atom stereocenters. The van der Waals surface area contributed by atoms with Crippen LogP contribution in [0, 0.1) is 0 Å². The van der Waals surface area contributed by atoms with Crippen LogP contribution in [0.1, 0.15) is 11.5 Å². The quantitative estimate of drug-likeness (QED) is 0.641. The highest BCUT2D eigenvalue weighted by Crippen LogP contribution is 2.20. The molecule has 0 aromatic carbocycles. The van der Waals surface area contributed by atoms with Crippen molar-refractivity contribution in [2.75, 3.05) is 0 Å². The fraction of sp³-hybridized carbons (Fsp3) is 0.250. The summed E-state index contributed by atoms with van der Waals surface area (Å²) >= 11 is 1.39. The summed E-state index contributed by atoms with van der Waals surface area (Å²) < 4.78 is 8.63. The molecule has 0 radical (unpaired) electrons. The van der Waals surface area contributed by atoms with Crippen LogP contribution >= 0.6 is 11.8 Å². The predicted octanol–water partition coefficient (Wildman–Crippen LogP) is 0.700. The summed E-state index contributed by atoms with van der Waals surface area (Å²) in [5.41, 5.74) is 0.879. The molecule has 3 aromatic rings. The van der Waals surface area contributed by atoms with Gasteiger partial charge in [0.05, 0.1) is 0 Å². The number of rotatable bonds is 5. The molecule has 0 aliphatic carbocycles. The molecule has 0 bridgehead atoms. The van der Waals surface area contributed by atoms with Crippen LogP contribution in [-0.2, 0) is 19.3 Å². The van der Waals surface area contributed by atoms with E-state index >= 15 is 0 Å². The van der Waals surface area contributed by atoms with E-state index in [1.54, 1.807) is 30.3 Å². The maximum atomic E-state index is 11.5. The molecule has 8 nitrogen and oxygen atoms in total. The zero-order valence-corrected chi connectivity index (χ0v) is 12.0. The molecule has 9 heteroatoms. The Balaban J connectivity index is 1.62. The second-order valence-corrected chi connectivity index (χ2v) is 5.25. The van der Waals surface area contributed by atoms with E-state index < -0.39 is 0 Å². The lowest BCUT2D eigenvalue weighted by molar-refractivity contribution is 0.397. The summed E-state index contributed by atoms with van der Waals surface area (Å²) in [7, 11) is 1.72. The molecule has 3 rings (SSSR count). The van der Waals surface area contributed by atoms with Gasteiger partial charge in [-0.1, -0.05) is 11.8 Å². The predicted molar refractivity (Wildman–Crippen MR) is 74.7 cm³/mol. The summed E-state index contributed by atoms with van der Waals surface area (Å²) in [6.07, 6.45) is 4.76. The standard InChI is InChI=1S/C12H12N6O2S/c1-17-3-2-9(4-11(17)19)6-21-12-16-15-10(20-12)5-18-8-13-7-14-18/h2-4,7-8H,5-6H2,1H3. The number of aromatic nitrogens is 6. The van der Waals surface area contributed by atoms with Gasteiger partial charge in [-0.15, -0.1) is 10.2 Å². The fourth-order valence-corrected chi connectivity index (χ4v) is 2.36. The highest BCUT2D eigenvalue weighted by atomic mass is 32.2. The maximum Gasteiger partial charge on any atom is 0.276 e. The van der Waals surface area contributed by atoms with Gasteiger partial charge in [0.25, 0.3) is 10.8 Å². The van der Waals surface area contributed by atoms with E-state index in [1.807, 2.05) is 6.07 Å². The first-order chi connectivity index (χ1) is 10.2. The lowest BCUT2D eigenvalue weighted by Gasteiger charge is -2.00. The van der Waals surface area contributed by atoms with Gasteiger partial charge in [0, 0.05) is 25.1 Å². The summed E-state index contributed by atoms with van der Waals surface area (Å²) in [6, 6.07) is 3.49. The van der Waals surface area contributed by atoms with Gasteiger partial charge in [-0.05, 0) is 11.6 Å². The Hall–Kier alpha value is -2.42. The summed E-state index contributed by atoms with van der Waals surface area (Å²) in [5, 5.41) is 12.3. The van der Waals surface area contributed by atoms with Gasteiger partial charge < -0.3 is 8.98 Å². The van der Waals surface area contributed by atoms with E-state index in [-0.39, 0.29) is 5.56 Å². The number of hydrogen-bond acceptors (Lipinski definition) is 7. The molecule has 0 N–H and O–H groups in total. The van der Waals surface area contributed by atoms with Crippen molar-refractivity contribution >= 4 is 11.8 Å². The molecular weight excluding hydrogens is 292 g/mol. The molecule has 0 saturated carbocycles. The van der Waals surface area contributed by atoms with E-state index in [0.717, 1.165) is 5.56 Å². The number of nitrogens with zero attached hydrogens (tertiary/aromatic N) is 6. The zero-order chi connectivity index (χ0) is 14.7. The second kappa shape index (κ2) is 5.92. The van der Waals surface area contributed by atoms with Crippen molar-refractivity contribution in [3.8, 4) is 0 Å². The van der Waals surface area contributed by atoms with Crippen LogP contribution < -0.4 is 5.56 Å². The van der Waals surface area contributed by atoms with Gasteiger partial charge in [-0.3, -0.25) is 4.79 Å². The van der Waals surface area contributed by atoms with Crippen LogP contribution in [-0.4, -0.2) is 29.5 Å². The number of pyridine rings is 1. The van der Waals surface area contributed by atoms with E-state index in [1.165, 1.54) is 22.7 Å². The van der Waals surface area contributed by atoms with Crippen molar-refractivity contribution in [2.45, 2.75) is 17.5 Å². The Morgan fingerprint density at radius 3 is 3.05 bits per heavy atom. The van der Waals surface area contributed by atoms with Crippen molar-refractivity contribution in [3.05, 3.63) is 52.8 Å². The fourth-order valence-electron chi connectivity index (χ4n) is 1.64. The first kappa shape index (κ1) is 13.6. The lowest BCUT2D eigenvalue weighted by Crippen LogP contribution is -2.14. The minimum Gasteiger partial charge on any atom is -0.414 e. The van der Waals surface area contributed by atoms with Gasteiger partial charge >= 0.3 is 0 Å². The largest absolute Gasteiger partial charge is 0.414 e. The third-order valence-corrected chi connectivity index (χ3v) is 3.63. The number of thioether (sulfide) groups is 1. The summed E-state index contributed by atoms with van der Waals surface area (Å²) in [5.74, 6) is 1.06. The topological polar surface area (TPSA) is 91.6 Å². The monoisotopic (exact) mass is 304 g/mol. The van der Waals surface area contributed by atoms with Crippen LogP contribution in [0.15, 0.2) is 45.4 Å². The van der Waals surface area contributed by atoms with Crippen LogP contribution in [0.25, 0.3) is 0 Å². The first-order valence-corrected chi connectivity index (χ1v) is 7.12. The number of aryl methyl sites for hydroxylation is 1. The lowest BCUT2D eigenvalue weighted by atomic mass is 10.3. The molecule has 108 valence electrons. The smallest absolute Gasteiger partial charge is 0.276 e. The SMILES string of the molecule is Cn1ccc(CSc2nnc(Cn3cncn3)o2)cc1=O. The van der Waals surface area contributed by atoms with Crippen LogP contribution in [0.2, 0.25) is 0 Å². The molecule has 0 spiro atoms. The normalized spacial score (nSPS) is 10.9. The molecule has 0 unspecified atom stereocenters. The molecular formula is C12H12N6O2S. The molecule has 0 aliphatic heterocycles. The molecule has 0 saturated heterocycles. The van der Waals surface area contributed by atoms with Gasteiger partial charge in [0.15, 0.2) is 0 Å². The Bertz CT molecular complexity index is 779. The summed E-state index contributed by atoms with van der Waals surface area (Å²) in [4.78, 5) is 15.4. The van der Waals surface area contributed by atoms with Crippen molar-refractivity contribution in [3.63, 3.8) is 0 Å². The van der Waals surface area contributed by atoms with E-state index in [9.17, 15) is 4.79 Å². The molecule has 21 heavy (non-hydrogen) atoms. The van der Waals surface area contributed by atoms with Crippen LogP contribution in [0.4, 0.5) is 0 Å². The number of hydrogen-bond donors (Lipinski definition) is 0. The van der Waals surface area contributed by atoms with E-state index in [2.05, 4.69) is 20.3 Å². The average molecular weight is 304 g/mol. The highest BCUT2D eigenvalue weighted by Gasteiger charge is 2.08. The molecule has 3 aromatic heterocycles. The first-order valence-electron chi connectivity index (χ1n) is 6.14. The van der Waals surface area contributed by atoms with Crippen molar-refractivity contribution in [1.29, 1.82) is 0 Å². The van der Waals surface area contributed by atoms with E-state index in [0.29, 0.717) is 23.4 Å². The van der Waals surface area contributed by atoms with Crippen molar-refractivity contribution in [2.24, 2.45) is 7.05 Å². The van der Waals surface area contributed by atoms with Gasteiger partial charge in [-0.25, -0.2) is 9.67 Å². The van der Waals surface area contributed by atoms with E-state index in [4.69, 9.17) is 4.42 Å². The van der Waals surface area contributed by atoms with Gasteiger partial charge in [0.2, 0.25) is 5.89 Å². The van der Waals surface area contributed by atoms with Crippen LogP contribution in [0.5, 0.6) is 0 Å². The molecule has 0 aliphatic rings. The maximum absolute atomic E-state index is 11.5. The minimum atomic E-state index is -0.0366. The minimum absolute atomic E-state index is 0.0366. The highest BCUT2D eigenvalue weighted by molar-refractivity contribution is 7.98. The second-order valence-electron chi connectivity index (χ2n) is 4.33. The molecule has 3 heterocycles. The van der Waals surface area contributed by atoms with Crippen molar-refractivity contribution in [1.82, 2.24) is 29.5 Å². The van der Waals surface area contributed by atoms with Gasteiger partial charge in [0.1, 0.15) is 19.2 Å². The summed E-state index contributed by atoms with van der Waals surface area (Å²) in [6.45, 7) is 0.388.